The fourth-order valence-electron chi connectivity index (χ4n) is 1.83. The minimum Gasteiger partial charge on any atom is -0.305 e. The molecule has 0 saturated heterocycles. The number of carbonyl (C=O) groups excluding carboxylic acids is 1. The molecule has 7 nitrogen and oxygen atoms in total. The number of nitrogens with zero attached hydrogens (tertiary/aromatic N) is 4. The Kier molecular flexibility index (Phi) is 6.73. The molecule has 0 fully saturated rings. The van der Waals surface area contributed by atoms with Crippen molar-refractivity contribution in [2.24, 2.45) is 7.05 Å². The fraction of sp³-hybridized carbons (Fsp3) is 0.500. The van der Waals surface area contributed by atoms with Crippen molar-refractivity contribution in [2.75, 3.05) is 12.4 Å². The summed E-state index contributed by atoms with van der Waals surface area (Å²) in [5.41, 5.74) is 0.811. The van der Waals surface area contributed by atoms with Gasteiger partial charge in [0, 0.05) is 25.2 Å². The molecule has 2 aromatic heterocycles. The summed E-state index contributed by atoms with van der Waals surface area (Å²) in [5.74, 6) is -0.167. The van der Waals surface area contributed by atoms with Gasteiger partial charge in [-0.3, -0.25) is 14.8 Å². The van der Waals surface area contributed by atoms with E-state index < -0.39 is 6.04 Å². The molecule has 0 aliphatic rings. The smallest absolute Gasteiger partial charge is 0.248 e. The van der Waals surface area contributed by atoms with Crippen LogP contribution in [0.5, 0.6) is 0 Å². The van der Waals surface area contributed by atoms with E-state index in [1.54, 1.807) is 17.9 Å². The highest BCUT2D eigenvalue weighted by atomic mass is 35.5. The number of hydrogen-bond acceptors (Lipinski definition) is 6. The maximum atomic E-state index is 12.2. The summed E-state index contributed by atoms with van der Waals surface area (Å²) in [4.78, 5) is 12.2. The molecule has 2 N–H and O–H groups in total. The van der Waals surface area contributed by atoms with Gasteiger partial charge in [0.1, 0.15) is 11.0 Å². The van der Waals surface area contributed by atoms with Gasteiger partial charge in [0.2, 0.25) is 11.0 Å². The standard InChI is InChI=1S/C12H18N6OS.ClH/c1-4-5-9-16-17-12(20-9)15-11(19)10(13-2)8-6-14-18(3)7-8;/h6-7,10,13H,4-5H2,1-3H3,(H,15,17,19);1H. The quantitative estimate of drug-likeness (QED) is 0.839. The first-order chi connectivity index (χ1) is 9.63. The molecule has 0 radical (unpaired) electrons. The van der Waals surface area contributed by atoms with Crippen molar-refractivity contribution in [2.45, 2.75) is 25.8 Å². The molecule has 2 rings (SSSR count). The Morgan fingerprint density at radius 3 is 2.81 bits per heavy atom. The summed E-state index contributed by atoms with van der Waals surface area (Å²) in [7, 11) is 3.55. The Balaban J connectivity index is 0.00000220. The van der Waals surface area contributed by atoms with Crippen LogP contribution >= 0.6 is 23.7 Å². The van der Waals surface area contributed by atoms with Crippen LogP contribution in [-0.4, -0.2) is 32.9 Å². The lowest BCUT2D eigenvalue weighted by molar-refractivity contribution is -0.118. The molecule has 0 bridgehead atoms. The number of amides is 1. The van der Waals surface area contributed by atoms with Crippen LogP contribution in [0, 0.1) is 0 Å². The van der Waals surface area contributed by atoms with Crippen LogP contribution in [-0.2, 0) is 18.3 Å². The Morgan fingerprint density at radius 2 is 2.24 bits per heavy atom. The van der Waals surface area contributed by atoms with Crippen molar-refractivity contribution in [3.63, 3.8) is 0 Å². The molecule has 116 valence electrons. The minimum absolute atomic E-state index is 0. The van der Waals surface area contributed by atoms with E-state index in [1.807, 2.05) is 13.2 Å². The third-order valence-corrected chi connectivity index (χ3v) is 3.67. The van der Waals surface area contributed by atoms with Crippen LogP contribution in [0.15, 0.2) is 12.4 Å². The molecule has 0 saturated carbocycles. The lowest BCUT2D eigenvalue weighted by Crippen LogP contribution is -2.30. The molecule has 9 heteroatoms. The van der Waals surface area contributed by atoms with Crippen LogP contribution in [0.25, 0.3) is 0 Å². The van der Waals surface area contributed by atoms with E-state index in [0.29, 0.717) is 5.13 Å². The predicted molar refractivity (Wildman–Crippen MR) is 84.8 cm³/mol. The molecule has 1 unspecified atom stereocenters. The van der Waals surface area contributed by atoms with Crippen LogP contribution in [0.2, 0.25) is 0 Å². The topological polar surface area (TPSA) is 84.7 Å². The summed E-state index contributed by atoms with van der Waals surface area (Å²) >= 11 is 1.41. The van der Waals surface area contributed by atoms with E-state index in [-0.39, 0.29) is 18.3 Å². The third-order valence-electron chi connectivity index (χ3n) is 2.77. The zero-order chi connectivity index (χ0) is 14.5. The number of anilines is 1. The second kappa shape index (κ2) is 8.06. The van der Waals surface area contributed by atoms with Crippen LogP contribution in [0.1, 0.15) is 30.0 Å². The van der Waals surface area contributed by atoms with Gasteiger partial charge in [-0.05, 0) is 13.5 Å². The maximum absolute atomic E-state index is 12.2. The summed E-state index contributed by atoms with van der Waals surface area (Å²) in [6.07, 6.45) is 5.37. The number of aryl methyl sites for hydroxylation is 2. The molecular weight excluding hydrogens is 312 g/mol. The normalized spacial score (nSPS) is 11.8. The summed E-state index contributed by atoms with van der Waals surface area (Å²) in [6.45, 7) is 2.08. The SMILES string of the molecule is CCCc1nnc(NC(=O)C(NC)c2cnn(C)c2)s1.Cl. The number of nitrogens with one attached hydrogen (secondary N) is 2. The second-order valence-corrected chi connectivity index (χ2v) is 5.47. The number of halogens is 1. The van der Waals surface area contributed by atoms with Gasteiger partial charge in [0.05, 0.1) is 6.20 Å². The first-order valence-electron chi connectivity index (χ1n) is 6.43. The molecule has 21 heavy (non-hydrogen) atoms. The van der Waals surface area contributed by atoms with Crippen molar-refractivity contribution in [1.82, 2.24) is 25.3 Å². The van der Waals surface area contributed by atoms with Crippen molar-refractivity contribution in [1.29, 1.82) is 0 Å². The highest BCUT2D eigenvalue weighted by Gasteiger charge is 2.21. The van der Waals surface area contributed by atoms with Crippen molar-refractivity contribution in [3.05, 3.63) is 23.0 Å². The Morgan fingerprint density at radius 1 is 1.48 bits per heavy atom. The van der Waals surface area contributed by atoms with Gasteiger partial charge in [-0.25, -0.2) is 0 Å². The number of likely N-dealkylation sites (N-methyl/N-ethyl adjacent to an activating group) is 1. The highest BCUT2D eigenvalue weighted by molar-refractivity contribution is 7.15. The molecule has 0 aliphatic carbocycles. The average Bonchev–Trinajstić information content (AvgIpc) is 3.01. The van der Waals surface area contributed by atoms with Crippen LogP contribution in [0.4, 0.5) is 5.13 Å². The van der Waals surface area contributed by atoms with E-state index in [2.05, 4.69) is 32.9 Å². The molecule has 1 atom stereocenters. The van der Waals surface area contributed by atoms with Gasteiger partial charge in [0.25, 0.3) is 0 Å². The van der Waals surface area contributed by atoms with E-state index in [9.17, 15) is 4.79 Å². The molecule has 1 amide bonds. The molecule has 0 spiro atoms. The molecule has 2 aromatic rings. The summed E-state index contributed by atoms with van der Waals surface area (Å²) in [5, 5.41) is 19.3. The van der Waals surface area contributed by atoms with Gasteiger partial charge in [-0.15, -0.1) is 22.6 Å². The Labute approximate surface area is 133 Å². The third kappa shape index (κ3) is 4.48. The maximum Gasteiger partial charge on any atom is 0.248 e. The Hall–Kier alpha value is -1.51. The van der Waals surface area contributed by atoms with Gasteiger partial charge in [0.15, 0.2) is 0 Å². The first kappa shape index (κ1) is 17.5. The summed E-state index contributed by atoms with van der Waals surface area (Å²) in [6, 6.07) is -0.456. The second-order valence-electron chi connectivity index (χ2n) is 4.41. The molecule has 2 heterocycles. The summed E-state index contributed by atoms with van der Waals surface area (Å²) < 4.78 is 1.66. The molecular formula is C12H19ClN6OS. The number of aromatic nitrogens is 4. The molecule has 0 aromatic carbocycles. The predicted octanol–water partition coefficient (Wildman–Crippen LogP) is 1.55. The van der Waals surface area contributed by atoms with E-state index in [0.717, 1.165) is 23.4 Å². The number of hydrogen-bond donors (Lipinski definition) is 2. The number of rotatable bonds is 6. The lowest BCUT2D eigenvalue weighted by atomic mass is 10.1. The molecule has 0 aliphatic heterocycles. The van der Waals surface area contributed by atoms with Crippen molar-refractivity contribution in [3.8, 4) is 0 Å². The van der Waals surface area contributed by atoms with Gasteiger partial charge in [-0.2, -0.15) is 5.10 Å². The average molecular weight is 331 g/mol. The largest absolute Gasteiger partial charge is 0.305 e. The van der Waals surface area contributed by atoms with Crippen LogP contribution < -0.4 is 10.6 Å². The zero-order valence-electron chi connectivity index (χ0n) is 12.2. The van der Waals surface area contributed by atoms with E-state index >= 15 is 0 Å². The van der Waals surface area contributed by atoms with E-state index in [4.69, 9.17) is 0 Å². The zero-order valence-corrected chi connectivity index (χ0v) is 13.8. The van der Waals surface area contributed by atoms with Gasteiger partial charge in [-0.1, -0.05) is 18.3 Å². The Bertz CT molecular complexity index is 584. The minimum atomic E-state index is -0.456. The number of carbonyl (C=O) groups is 1. The van der Waals surface area contributed by atoms with Crippen molar-refractivity contribution < 1.29 is 4.79 Å². The first-order valence-corrected chi connectivity index (χ1v) is 7.24. The van der Waals surface area contributed by atoms with Crippen LogP contribution in [0.3, 0.4) is 0 Å². The van der Waals surface area contributed by atoms with E-state index in [1.165, 1.54) is 11.3 Å². The monoisotopic (exact) mass is 330 g/mol. The van der Waals surface area contributed by atoms with Gasteiger partial charge < -0.3 is 5.32 Å². The lowest BCUT2D eigenvalue weighted by Gasteiger charge is -2.12. The fourth-order valence-corrected chi connectivity index (χ4v) is 2.68. The highest BCUT2D eigenvalue weighted by Crippen LogP contribution is 2.19. The van der Waals surface area contributed by atoms with Gasteiger partial charge >= 0.3 is 0 Å². The van der Waals surface area contributed by atoms with Crippen molar-refractivity contribution >= 4 is 34.8 Å².